The van der Waals surface area contributed by atoms with Crippen LogP contribution in [0.1, 0.15) is 59.5 Å². The van der Waals surface area contributed by atoms with Crippen LogP contribution in [0.4, 0.5) is 5.69 Å². The Morgan fingerprint density at radius 3 is 2.37 bits per heavy atom. The van der Waals surface area contributed by atoms with Crippen LogP contribution in [0.3, 0.4) is 0 Å². The number of nitrogens with one attached hydrogen (secondary N) is 2. The van der Waals surface area contributed by atoms with Crippen molar-refractivity contribution in [2.24, 2.45) is 0 Å². The Morgan fingerprint density at radius 2 is 1.65 bits per heavy atom. The number of aryl methyl sites for hydroxylation is 2. The Kier molecular flexibility index (Phi) is 10.2. The van der Waals surface area contributed by atoms with E-state index in [0.29, 0.717) is 11.6 Å². The molecule has 244 valence electrons. The van der Waals surface area contributed by atoms with Gasteiger partial charge in [-0.1, -0.05) is 42.0 Å². The van der Waals surface area contributed by atoms with Gasteiger partial charge in [0.05, 0.1) is 13.2 Å². The van der Waals surface area contributed by atoms with E-state index in [0.717, 1.165) is 115 Å². The third-order valence-electron chi connectivity index (χ3n) is 9.75. The van der Waals surface area contributed by atoms with Crippen LogP contribution in [0.2, 0.25) is 0 Å². The standard InChI is InChI=1S/C38H48N4O4/c1-5-42(31-12-16-45-17-13-31)36-22-30(29-9-7-28(8-10-29)24-41-14-18-46-19-15-41)21-33(26(36)3)37(43)39-23-35-32-11-6-25(2)20-34(32)27(4)40-38(35)44/h6-11,20-22,31,37,39,43H,5,12-19,23-24H2,1-4H3,(H,40,44). The summed E-state index contributed by atoms with van der Waals surface area (Å²) in [4.78, 5) is 21.0. The molecule has 0 saturated carbocycles. The number of anilines is 1. The molecule has 0 bridgehead atoms. The molecule has 0 aliphatic carbocycles. The lowest BCUT2D eigenvalue weighted by Crippen LogP contribution is -2.40. The van der Waals surface area contributed by atoms with Gasteiger partial charge in [0, 0.05) is 79.9 Å². The molecule has 2 aliphatic rings. The van der Waals surface area contributed by atoms with E-state index in [9.17, 15) is 9.90 Å². The number of ether oxygens (including phenoxy) is 2. The number of pyridine rings is 1. The molecule has 0 spiro atoms. The molecule has 2 saturated heterocycles. The molecule has 0 radical (unpaired) electrons. The highest BCUT2D eigenvalue weighted by molar-refractivity contribution is 5.87. The third-order valence-corrected chi connectivity index (χ3v) is 9.75. The zero-order valence-corrected chi connectivity index (χ0v) is 27.7. The first-order chi connectivity index (χ1) is 22.3. The van der Waals surface area contributed by atoms with Crippen molar-refractivity contribution < 1.29 is 14.6 Å². The second-order valence-corrected chi connectivity index (χ2v) is 12.8. The lowest BCUT2D eigenvalue weighted by atomic mass is 9.94. The second kappa shape index (κ2) is 14.5. The van der Waals surface area contributed by atoms with Gasteiger partial charge >= 0.3 is 0 Å². The molecule has 46 heavy (non-hydrogen) atoms. The molecule has 3 aromatic carbocycles. The van der Waals surface area contributed by atoms with Crippen molar-refractivity contribution in [1.82, 2.24) is 15.2 Å². The van der Waals surface area contributed by atoms with E-state index in [1.54, 1.807) is 0 Å². The van der Waals surface area contributed by atoms with Gasteiger partial charge in [0.2, 0.25) is 0 Å². The molecule has 3 heterocycles. The zero-order valence-electron chi connectivity index (χ0n) is 27.7. The number of fused-ring (bicyclic) bond motifs is 1. The molecule has 8 nitrogen and oxygen atoms in total. The Bertz CT molecular complexity index is 1710. The fourth-order valence-electron chi connectivity index (χ4n) is 7.06. The van der Waals surface area contributed by atoms with Crippen LogP contribution in [0.15, 0.2) is 59.4 Å². The van der Waals surface area contributed by atoms with Crippen molar-refractivity contribution in [1.29, 1.82) is 0 Å². The highest BCUT2D eigenvalue weighted by atomic mass is 16.5. The first-order valence-corrected chi connectivity index (χ1v) is 16.7. The lowest BCUT2D eigenvalue weighted by Gasteiger charge is -2.37. The molecular weight excluding hydrogens is 576 g/mol. The van der Waals surface area contributed by atoms with Gasteiger partial charge in [-0.15, -0.1) is 0 Å². The molecule has 1 unspecified atom stereocenters. The highest BCUT2D eigenvalue weighted by Crippen LogP contribution is 2.36. The SMILES string of the molecule is CCN(c1cc(-c2ccc(CN3CCOCC3)cc2)cc(C(O)NCc2c(=O)[nH]c(C)c3cc(C)ccc23)c1C)C1CCOCC1. The minimum atomic E-state index is -0.964. The molecule has 8 heteroatoms. The maximum Gasteiger partial charge on any atom is 0.253 e. The zero-order chi connectivity index (χ0) is 32.2. The summed E-state index contributed by atoms with van der Waals surface area (Å²) in [7, 11) is 0. The number of nitrogens with zero attached hydrogens (tertiary/aromatic N) is 2. The molecule has 4 aromatic rings. The van der Waals surface area contributed by atoms with Crippen molar-refractivity contribution in [2.75, 3.05) is 51.0 Å². The van der Waals surface area contributed by atoms with E-state index in [1.807, 2.05) is 19.1 Å². The number of morpholine rings is 1. The Morgan fingerprint density at radius 1 is 0.935 bits per heavy atom. The summed E-state index contributed by atoms with van der Waals surface area (Å²) in [5, 5.41) is 17.0. The molecule has 2 fully saturated rings. The second-order valence-electron chi connectivity index (χ2n) is 12.8. The van der Waals surface area contributed by atoms with Gasteiger partial charge in [0.1, 0.15) is 6.23 Å². The summed E-state index contributed by atoms with van der Waals surface area (Å²) < 4.78 is 11.2. The van der Waals surface area contributed by atoms with E-state index in [1.165, 1.54) is 5.56 Å². The predicted octanol–water partition coefficient (Wildman–Crippen LogP) is 5.74. The van der Waals surface area contributed by atoms with Crippen LogP contribution in [-0.2, 0) is 22.6 Å². The van der Waals surface area contributed by atoms with Gasteiger partial charge in [0.15, 0.2) is 0 Å². The molecule has 1 atom stereocenters. The summed E-state index contributed by atoms with van der Waals surface area (Å²) in [6.45, 7) is 15.3. The number of rotatable bonds is 10. The van der Waals surface area contributed by atoms with Crippen LogP contribution in [0, 0.1) is 20.8 Å². The number of benzene rings is 3. The van der Waals surface area contributed by atoms with Gasteiger partial charge in [-0.05, 0) is 86.4 Å². The first kappa shape index (κ1) is 32.4. The number of H-pyrrole nitrogens is 1. The molecule has 0 amide bonds. The molecular formula is C38H48N4O4. The number of aliphatic hydroxyl groups excluding tert-OH is 1. The molecule has 3 N–H and O–H groups in total. The number of aromatic nitrogens is 1. The van der Waals surface area contributed by atoms with Crippen LogP contribution in [-0.4, -0.2) is 67.1 Å². The maximum atomic E-state index is 13.1. The average Bonchev–Trinajstić information content (AvgIpc) is 3.07. The van der Waals surface area contributed by atoms with E-state index in [-0.39, 0.29) is 12.1 Å². The van der Waals surface area contributed by atoms with Crippen molar-refractivity contribution in [3.63, 3.8) is 0 Å². The van der Waals surface area contributed by atoms with E-state index >= 15 is 0 Å². The molecule has 2 aliphatic heterocycles. The van der Waals surface area contributed by atoms with Gasteiger partial charge in [-0.25, -0.2) is 0 Å². The van der Waals surface area contributed by atoms with Gasteiger partial charge in [-0.2, -0.15) is 0 Å². The number of aromatic amines is 1. The van der Waals surface area contributed by atoms with Crippen molar-refractivity contribution in [2.45, 2.75) is 65.9 Å². The van der Waals surface area contributed by atoms with Gasteiger partial charge in [0.25, 0.3) is 5.56 Å². The van der Waals surface area contributed by atoms with E-state index in [4.69, 9.17) is 9.47 Å². The van der Waals surface area contributed by atoms with Crippen molar-refractivity contribution in [3.05, 3.63) is 98.5 Å². The van der Waals surface area contributed by atoms with Crippen molar-refractivity contribution >= 4 is 16.5 Å². The number of aliphatic hydroxyl groups is 1. The van der Waals surface area contributed by atoms with Gasteiger partial charge < -0.3 is 24.5 Å². The fourth-order valence-corrected chi connectivity index (χ4v) is 7.06. The normalized spacial score (nSPS) is 17.0. The van der Waals surface area contributed by atoms with E-state index in [2.05, 4.69) is 83.3 Å². The van der Waals surface area contributed by atoms with Gasteiger partial charge in [-0.3, -0.25) is 15.0 Å². The topological polar surface area (TPSA) is 90.1 Å². The van der Waals surface area contributed by atoms with Crippen LogP contribution < -0.4 is 15.8 Å². The van der Waals surface area contributed by atoms with E-state index < -0.39 is 6.23 Å². The van der Waals surface area contributed by atoms with Crippen LogP contribution in [0.25, 0.3) is 21.9 Å². The summed E-state index contributed by atoms with van der Waals surface area (Å²) in [5.74, 6) is 0. The first-order valence-electron chi connectivity index (χ1n) is 16.7. The minimum absolute atomic E-state index is 0.131. The summed E-state index contributed by atoms with van der Waals surface area (Å²) in [6.07, 6.45) is 0.994. The predicted molar refractivity (Wildman–Crippen MR) is 185 cm³/mol. The summed E-state index contributed by atoms with van der Waals surface area (Å²) in [6, 6.07) is 19.7. The lowest BCUT2D eigenvalue weighted by molar-refractivity contribution is 0.0342. The van der Waals surface area contributed by atoms with Crippen LogP contribution >= 0.6 is 0 Å². The number of hydrogen-bond donors (Lipinski definition) is 3. The Balaban J connectivity index is 1.33. The Hall–Kier alpha value is -3.53. The smallest absolute Gasteiger partial charge is 0.253 e. The average molecular weight is 625 g/mol. The minimum Gasteiger partial charge on any atom is -0.381 e. The fraction of sp³-hybridized carbons (Fsp3) is 0.447. The third kappa shape index (κ3) is 7.06. The van der Waals surface area contributed by atoms with Crippen LogP contribution in [0.5, 0.6) is 0 Å². The molecule has 6 rings (SSSR count). The summed E-state index contributed by atoms with van der Waals surface area (Å²) in [5.41, 5.74) is 8.94. The quantitative estimate of drug-likeness (QED) is 0.194. The highest BCUT2D eigenvalue weighted by Gasteiger charge is 2.25. The maximum absolute atomic E-state index is 13.1. The molecule has 1 aromatic heterocycles. The van der Waals surface area contributed by atoms with Crippen molar-refractivity contribution in [3.8, 4) is 11.1 Å². The summed E-state index contributed by atoms with van der Waals surface area (Å²) >= 11 is 0. The monoisotopic (exact) mass is 624 g/mol. The Labute approximate surface area is 272 Å². The number of hydrogen-bond acceptors (Lipinski definition) is 7. The largest absolute Gasteiger partial charge is 0.381 e.